The maximum Gasteiger partial charge on any atom is 0.282 e. The number of amidine groups is 1. The summed E-state index contributed by atoms with van der Waals surface area (Å²) in [5.41, 5.74) is 0.964. The first-order chi connectivity index (χ1) is 8.24. The Kier molecular flexibility index (Phi) is 2.15. The number of rotatable bonds is 0. The van der Waals surface area contributed by atoms with Gasteiger partial charge in [-0.05, 0) is 18.2 Å². The molecule has 3 rings (SSSR count). The molecule has 2 N–H and O–H groups in total. The molecule has 0 unspecified atom stereocenters. The van der Waals surface area contributed by atoms with Crippen LogP contribution in [-0.4, -0.2) is 21.9 Å². The molecule has 0 aliphatic carbocycles. The van der Waals surface area contributed by atoms with Crippen LogP contribution < -0.4 is 10.6 Å². The van der Waals surface area contributed by atoms with E-state index in [-0.39, 0.29) is 5.15 Å². The van der Waals surface area contributed by atoms with Crippen molar-refractivity contribution in [3.8, 4) is 0 Å². The smallest absolute Gasteiger partial charge is 0.282 e. The molecule has 84 valence electrons. The number of hydrogen-bond donors (Lipinski definition) is 2. The number of anilines is 1. The van der Waals surface area contributed by atoms with Gasteiger partial charge in [-0.15, -0.1) is 10.2 Å². The van der Waals surface area contributed by atoms with Crippen molar-refractivity contribution in [1.29, 1.82) is 0 Å². The van der Waals surface area contributed by atoms with E-state index in [0.29, 0.717) is 22.9 Å². The van der Waals surface area contributed by atoms with E-state index in [1.54, 1.807) is 18.4 Å². The van der Waals surface area contributed by atoms with Crippen molar-refractivity contribution < 1.29 is 4.79 Å². The number of allylic oxidation sites excluding steroid dienone is 2. The lowest BCUT2D eigenvalue weighted by Crippen LogP contribution is -2.26. The predicted octanol–water partition coefficient (Wildman–Crippen LogP) is 1.09. The molecular formula is C10H6ClN5O. The lowest BCUT2D eigenvalue weighted by molar-refractivity contribution is 0.100. The van der Waals surface area contributed by atoms with Crippen molar-refractivity contribution in [3.63, 3.8) is 0 Å². The lowest BCUT2D eigenvalue weighted by Gasteiger charge is -2.12. The summed E-state index contributed by atoms with van der Waals surface area (Å²) >= 11 is 5.70. The fourth-order valence-corrected chi connectivity index (χ4v) is 1.68. The van der Waals surface area contributed by atoms with Gasteiger partial charge in [-0.3, -0.25) is 4.79 Å². The maximum atomic E-state index is 11.9. The summed E-state index contributed by atoms with van der Waals surface area (Å²) in [4.78, 5) is 15.8. The second kappa shape index (κ2) is 3.67. The molecule has 2 aliphatic rings. The fraction of sp³-hybridized carbons (Fsp3) is 0. The third-order valence-corrected chi connectivity index (χ3v) is 2.48. The molecule has 0 bridgehead atoms. The Morgan fingerprint density at radius 2 is 2.18 bits per heavy atom. The van der Waals surface area contributed by atoms with Gasteiger partial charge in [0.25, 0.3) is 5.91 Å². The van der Waals surface area contributed by atoms with Gasteiger partial charge in [0, 0.05) is 6.20 Å². The number of nitrogens with one attached hydrogen (secondary N) is 2. The van der Waals surface area contributed by atoms with Gasteiger partial charge in [-0.2, -0.15) is 4.99 Å². The van der Waals surface area contributed by atoms with Gasteiger partial charge in [-0.25, -0.2) is 0 Å². The summed E-state index contributed by atoms with van der Waals surface area (Å²) in [7, 11) is 0. The molecule has 0 radical (unpaired) electrons. The zero-order chi connectivity index (χ0) is 11.8. The maximum absolute atomic E-state index is 11.9. The van der Waals surface area contributed by atoms with Crippen molar-refractivity contribution >= 4 is 29.2 Å². The number of fused-ring (bicyclic) bond motifs is 2. The van der Waals surface area contributed by atoms with Crippen molar-refractivity contribution in [1.82, 2.24) is 15.5 Å². The Hall–Kier alpha value is -2.21. The standard InChI is InChI=1S/C10H6ClN5O/c11-7-4-5-8(16-15-7)13-6-2-1-3-12-9(6)14-10(5)17/h1-4H,(H,13,16)(H,12,14,17). The zero-order valence-electron chi connectivity index (χ0n) is 8.44. The summed E-state index contributed by atoms with van der Waals surface area (Å²) in [6, 6.07) is 1.44. The number of halogens is 1. The average Bonchev–Trinajstić information content (AvgIpc) is 2.46. The first-order valence-electron chi connectivity index (χ1n) is 4.81. The van der Waals surface area contributed by atoms with Crippen LogP contribution in [0.15, 0.2) is 35.1 Å². The Bertz CT molecular complexity index is 605. The van der Waals surface area contributed by atoms with Crippen LogP contribution in [0.5, 0.6) is 0 Å². The summed E-state index contributed by atoms with van der Waals surface area (Å²) in [6.07, 6.45) is 5.26. The first-order valence-corrected chi connectivity index (χ1v) is 5.19. The third kappa shape index (κ3) is 1.68. The molecule has 7 heteroatoms. The minimum absolute atomic E-state index is 0.157. The van der Waals surface area contributed by atoms with E-state index >= 15 is 0 Å². The van der Waals surface area contributed by atoms with Crippen molar-refractivity contribution in [3.05, 3.63) is 40.8 Å². The molecule has 0 aromatic carbocycles. The number of nitrogens with zero attached hydrogens (tertiary/aromatic N) is 3. The number of hydrogen-bond acceptors (Lipinski definition) is 5. The number of carbonyl (C=O) groups excluding carboxylic acids is 1. The van der Waals surface area contributed by atoms with Gasteiger partial charge >= 0.3 is 0 Å². The molecule has 0 atom stereocenters. The average molecular weight is 248 g/mol. The van der Waals surface area contributed by atoms with Gasteiger partial charge < -0.3 is 10.6 Å². The lowest BCUT2D eigenvalue weighted by atomic mass is 10.2. The van der Waals surface area contributed by atoms with Gasteiger partial charge in [0.15, 0.2) is 16.8 Å². The van der Waals surface area contributed by atoms with E-state index in [1.807, 2.05) is 0 Å². The second-order valence-electron chi connectivity index (χ2n) is 3.40. The largest absolute Gasteiger partial charge is 0.345 e. The van der Waals surface area contributed by atoms with Gasteiger partial charge in [0.1, 0.15) is 0 Å². The Morgan fingerprint density at radius 3 is 3.06 bits per heavy atom. The van der Waals surface area contributed by atoms with E-state index in [0.717, 1.165) is 0 Å². The van der Waals surface area contributed by atoms with Crippen LogP contribution in [0.2, 0.25) is 5.15 Å². The van der Waals surface area contributed by atoms with Gasteiger partial charge in [0.2, 0.25) is 0 Å². The fourth-order valence-electron chi connectivity index (χ4n) is 1.53. The quantitative estimate of drug-likeness (QED) is 0.718. The Balaban J connectivity index is 2.16. The molecule has 17 heavy (non-hydrogen) atoms. The van der Waals surface area contributed by atoms with Crippen molar-refractivity contribution in [2.45, 2.75) is 0 Å². The van der Waals surface area contributed by atoms with Gasteiger partial charge in [-0.1, -0.05) is 11.6 Å². The molecule has 0 spiro atoms. The highest BCUT2D eigenvalue weighted by atomic mass is 35.5. The van der Waals surface area contributed by atoms with Crippen molar-refractivity contribution in [2.24, 2.45) is 4.99 Å². The molecule has 1 aromatic heterocycles. The molecule has 0 saturated carbocycles. The molecule has 0 saturated heterocycles. The van der Waals surface area contributed by atoms with Crippen LogP contribution in [0.4, 0.5) is 5.82 Å². The highest BCUT2D eigenvalue weighted by molar-refractivity contribution is 6.30. The van der Waals surface area contributed by atoms with E-state index in [2.05, 4.69) is 25.8 Å². The number of carbonyl (C=O) groups is 1. The van der Waals surface area contributed by atoms with Crippen LogP contribution in [0.25, 0.3) is 0 Å². The summed E-state index contributed by atoms with van der Waals surface area (Å²) < 4.78 is 0. The summed E-state index contributed by atoms with van der Waals surface area (Å²) in [5, 5.41) is 13.5. The Labute approximate surface area is 101 Å². The zero-order valence-corrected chi connectivity index (χ0v) is 9.19. The van der Waals surface area contributed by atoms with Gasteiger partial charge in [0.05, 0.1) is 11.3 Å². The highest BCUT2D eigenvalue weighted by Crippen LogP contribution is 2.21. The highest BCUT2D eigenvalue weighted by Gasteiger charge is 2.22. The monoisotopic (exact) mass is 247 g/mol. The Morgan fingerprint density at radius 1 is 1.29 bits per heavy atom. The van der Waals surface area contributed by atoms with Crippen LogP contribution >= 0.6 is 11.6 Å². The topological polar surface area (TPSA) is 79.3 Å². The molecular weight excluding hydrogens is 242 g/mol. The molecule has 3 heterocycles. The predicted molar refractivity (Wildman–Crippen MR) is 62.8 cm³/mol. The minimum atomic E-state index is -0.412. The minimum Gasteiger partial charge on any atom is -0.345 e. The van der Waals surface area contributed by atoms with Crippen LogP contribution in [0.3, 0.4) is 0 Å². The molecule has 6 nitrogen and oxygen atoms in total. The summed E-state index contributed by atoms with van der Waals surface area (Å²) in [5.74, 6) is 0.388. The second-order valence-corrected chi connectivity index (χ2v) is 3.79. The number of aromatic nitrogens is 2. The number of dihydropyridines is 1. The normalized spacial score (nSPS) is 16.9. The molecule has 0 fully saturated rings. The van der Waals surface area contributed by atoms with Crippen LogP contribution in [-0.2, 0) is 0 Å². The number of aliphatic imine (C=N–C) groups is 1. The first kappa shape index (κ1) is 9.98. The van der Waals surface area contributed by atoms with Crippen LogP contribution in [0, 0.1) is 0 Å². The third-order valence-electron chi connectivity index (χ3n) is 2.30. The molecule has 1 aromatic rings. The molecule has 2 aliphatic heterocycles. The summed E-state index contributed by atoms with van der Waals surface area (Å²) in [6.45, 7) is 0. The number of amides is 1. The van der Waals surface area contributed by atoms with E-state index < -0.39 is 5.91 Å². The molecule has 1 amide bonds. The van der Waals surface area contributed by atoms with Crippen molar-refractivity contribution in [2.75, 3.05) is 5.32 Å². The van der Waals surface area contributed by atoms with E-state index in [1.165, 1.54) is 6.07 Å². The van der Waals surface area contributed by atoms with Crippen LogP contribution in [0.1, 0.15) is 10.4 Å². The SMILES string of the molecule is O=C1N=C2NC=CC=C2Nc2nnc(Cl)cc21. The van der Waals surface area contributed by atoms with E-state index in [9.17, 15) is 4.79 Å². The van der Waals surface area contributed by atoms with E-state index in [4.69, 9.17) is 11.6 Å².